The molecule has 2 fully saturated rings. The summed E-state index contributed by atoms with van der Waals surface area (Å²) in [6.45, 7) is 8.69. The molecule has 2 heteroatoms. The maximum atomic E-state index is 4.52. The Balaban J connectivity index is 1.86. The van der Waals surface area contributed by atoms with E-state index in [1.54, 1.807) is 0 Å². The van der Waals surface area contributed by atoms with Crippen molar-refractivity contribution < 1.29 is 0 Å². The third-order valence-corrected chi connectivity index (χ3v) is 4.74. The van der Waals surface area contributed by atoms with Gasteiger partial charge in [0.05, 0.1) is 0 Å². The molecule has 0 bridgehead atoms. The topological polar surface area (TPSA) is 3.24 Å². The van der Waals surface area contributed by atoms with Crippen LogP contribution in [-0.2, 0) is 0 Å². The Morgan fingerprint density at radius 1 is 1.21 bits per heavy atom. The molecule has 1 heterocycles. The fourth-order valence-corrected chi connectivity index (χ4v) is 3.29. The molecule has 0 atom stereocenters. The van der Waals surface area contributed by atoms with Crippen LogP contribution in [0.5, 0.6) is 0 Å². The van der Waals surface area contributed by atoms with E-state index in [2.05, 4.69) is 31.4 Å². The molecule has 1 aliphatic heterocycles. The van der Waals surface area contributed by atoms with Gasteiger partial charge in [-0.25, -0.2) is 0 Å². The van der Waals surface area contributed by atoms with Crippen molar-refractivity contribution >= 4 is 12.6 Å². The Hall–Kier alpha value is 0.310. The van der Waals surface area contributed by atoms with E-state index in [1.807, 2.05) is 0 Å². The number of nitrogens with zero attached hydrogens (tertiary/aromatic N) is 1. The lowest BCUT2D eigenvalue weighted by Gasteiger charge is -2.43. The van der Waals surface area contributed by atoms with Crippen LogP contribution in [0.1, 0.15) is 39.5 Å². The van der Waals surface area contributed by atoms with Crippen molar-refractivity contribution in [3.8, 4) is 0 Å². The normalized spacial score (nSPS) is 30.2. The fourth-order valence-electron chi connectivity index (χ4n) is 2.88. The van der Waals surface area contributed by atoms with Gasteiger partial charge < -0.3 is 4.90 Å². The lowest BCUT2D eigenvalue weighted by molar-refractivity contribution is 0.0987. The van der Waals surface area contributed by atoms with E-state index in [0.29, 0.717) is 10.8 Å². The number of hydrogen-bond donors (Lipinski definition) is 1. The molecule has 1 saturated heterocycles. The second-order valence-electron chi connectivity index (χ2n) is 6.14. The Morgan fingerprint density at radius 3 is 2.29 bits per heavy atom. The summed E-state index contributed by atoms with van der Waals surface area (Å²) in [6, 6.07) is 0. The highest BCUT2D eigenvalue weighted by Crippen LogP contribution is 2.43. The molecule has 0 aromatic heterocycles. The molecule has 14 heavy (non-hydrogen) atoms. The van der Waals surface area contributed by atoms with Gasteiger partial charge in [-0.3, -0.25) is 0 Å². The second kappa shape index (κ2) is 3.71. The van der Waals surface area contributed by atoms with Crippen molar-refractivity contribution in [2.24, 2.45) is 10.8 Å². The maximum absolute atomic E-state index is 4.52. The summed E-state index contributed by atoms with van der Waals surface area (Å²) in [5.74, 6) is 1.09. The number of rotatable bonds is 3. The molecule has 0 radical (unpaired) electrons. The zero-order valence-corrected chi connectivity index (χ0v) is 10.4. The van der Waals surface area contributed by atoms with Crippen molar-refractivity contribution in [1.29, 1.82) is 0 Å². The van der Waals surface area contributed by atoms with Gasteiger partial charge in [0.25, 0.3) is 0 Å². The second-order valence-corrected chi connectivity index (χ2v) is 6.45. The summed E-state index contributed by atoms with van der Waals surface area (Å²) in [6.07, 6.45) is 5.62. The summed E-state index contributed by atoms with van der Waals surface area (Å²) < 4.78 is 0. The molecule has 1 saturated carbocycles. The van der Waals surface area contributed by atoms with Crippen LogP contribution >= 0.6 is 12.6 Å². The Kier molecular flexibility index (Phi) is 2.87. The van der Waals surface area contributed by atoms with Crippen LogP contribution in [0.4, 0.5) is 0 Å². The van der Waals surface area contributed by atoms with Crippen LogP contribution in [0.3, 0.4) is 0 Å². The van der Waals surface area contributed by atoms with Crippen molar-refractivity contribution in [2.45, 2.75) is 39.5 Å². The standard InChI is InChI=1S/C12H23NS/c1-11(2)6-7-13(8-11)9-12(10-14)4-3-5-12/h14H,3-10H2,1-2H3. The van der Waals surface area contributed by atoms with Gasteiger partial charge in [-0.15, -0.1) is 0 Å². The lowest BCUT2D eigenvalue weighted by atomic mass is 9.70. The third kappa shape index (κ3) is 2.11. The molecule has 1 nitrogen and oxygen atoms in total. The van der Waals surface area contributed by atoms with E-state index in [9.17, 15) is 0 Å². The molecule has 2 rings (SSSR count). The lowest BCUT2D eigenvalue weighted by Crippen LogP contribution is -2.43. The van der Waals surface area contributed by atoms with Gasteiger partial charge in [0.15, 0.2) is 0 Å². The van der Waals surface area contributed by atoms with Crippen molar-refractivity contribution in [2.75, 3.05) is 25.4 Å². The van der Waals surface area contributed by atoms with Gasteiger partial charge in [-0.1, -0.05) is 20.3 Å². The first-order valence-corrected chi connectivity index (χ1v) is 6.52. The van der Waals surface area contributed by atoms with Crippen LogP contribution in [0.15, 0.2) is 0 Å². The molecule has 0 spiro atoms. The van der Waals surface area contributed by atoms with E-state index < -0.39 is 0 Å². The molecule has 0 aromatic rings. The highest BCUT2D eigenvalue weighted by Gasteiger charge is 2.40. The largest absolute Gasteiger partial charge is 0.302 e. The fraction of sp³-hybridized carbons (Fsp3) is 1.00. The molecular formula is C12H23NS. The number of likely N-dealkylation sites (tertiary alicyclic amines) is 1. The predicted molar refractivity (Wildman–Crippen MR) is 65.0 cm³/mol. The van der Waals surface area contributed by atoms with Crippen molar-refractivity contribution in [3.63, 3.8) is 0 Å². The Labute approximate surface area is 93.7 Å². The zero-order valence-electron chi connectivity index (χ0n) is 9.55. The van der Waals surface area contributed by atoms with Crippen molar-refractivity contribution in [3.05, 3.63) is 0 Å². The molecule has 82 valence electrons. The number of hydrogen-bond acceptors (Lipinski definition) is 2. The average molecular weight is 213 g/mol. The van der Waals surface area contributed by atoms with E-state index in [0.717, 1.165) is 5.75 Å². The van der Waals surface area contributed by atoms with Crippen LogP contribution in [0, 0.1) is 10.8 Å². The third-order valence-electron chi connectivity index (χ3n) is 4.07. The van der Waals surface area contributed by atoms with Crippen LogP contribution in [-0.4, -0.2) is 30.3 Å². The molecule has 2 aliphatic rings. The first kappa shape index (κ1) is 10.8. The monoisotopic (exact) mass is 213 g/mol. The highest BCUT2D eigenvalue weighted by molar-refractivity contribution is 7.80. The molecule has 0 N–H and O–H groups in total. The van der Waals surface area contributed by atoms with Crippen LogP contribution < -0.4 is 0 Å². The minimum absolute atomic E-state index is 0.557. The van der Waals surface area contributed by atoms with E-state index in [1.165, 1.54) is 45.3 Å². The smallest absolute Gasteiger partial charge is 0.00460 e. The average Bonchev–Trinajstić information content (AvgIpc) is 2.38. The van der Waals surface area contributed by atoms with Crippen LogP contribution in [0.25, 0.3) is 0 Å². The molecule has 0 unspecified atom stereocenters. The molecular weight excluding hydrogens is 190 g/mol. The van der Waals surface area contributed by atoms with Gasteiger partial charge in [-0.05, 0) is 42.4 Å². The molecule has 0 aromatic carbocycles. The summed E-state index contributed by atoms with van der Waals surface area (Å²) in [5.41, 5.74) is 1.14. The maximum Gasteiger partial charge on any atom is 0.00460 e. The van der Waals surface area contributed by atoms with Gasteiger partial charge >= 0.3 is 0 Å². The minimum Gasteiger partial charge on any atom is -0.302 e. The first-order chi connectivity index (χ1) is 6.55. The zero-order chi connectivity index (χ0) is 10.2. The number of thiol groups is 1. The predicted octanol–water partition coefficient (Wildman–Crippen LogP) is 2.82. The van der Waals surface area contributed by atoms with Gasteiger partial charge in [0.1, 0.15) is 0 Å². The van der Waals surface area contributed by atoms with Gasteiger partial charge in [0.2, 0.25) is 0 Å². The highest BCUT2D eigenvalue weighted by atomic mass is 32.1. The summed E-state index contributed by atoms with van der Waals surface area (Å²) in [4.78, 5) is 2.66. The quantitative estimate of drug-likeness (QED) is 0.706. The Morgan fingerprint density at radius 2 is 1.93 bits per heavy atom. The minimum atomic E-state index is 0.557. The van der Waals surface area contributed by atoms with Crippen LogP contribution in [0.2, 0.25) is 0 Å². The molecule has 0 amide bonds. The summed E-state index contributed by atoms with van der Waals surface area (Å²) in [5, 5.41) is 0. The van der Waals surface area contributed by atoms with E-state index >= 15 is 0 Å². The summed E-state index contributed by atoms with van der Waals surface area (Å²) in [7, 11) is 0. The molecule has 1 aliphatic carbocycles. The summed E-state index contributed by atoms with van der Waals surface area (Å²) >= 11 is 4.52. The van der Waals surface area contributed by atoms with E-state index in [-0.39, 0.29) is 0 Å². The van der Waals surface area contributed by atoms with Crippen molar-refractivity contribution in [1.82, 2.24) is 4.90 Å². The van der Waals surface area contributed by atoms with Gasteiger partial charge in [-0.2, -0.15) is 12.6 Å². The Bertz CT molecular complexity index is 203. The van der Waals surface area contributed by atoms with E-state index in [4.69, 9.17) is 0 Å². The van der Waals surface area contributed by atoms with Gasteiger partial charge in [0, 0.05) is 13.1 Å². The first-order valence-electron chi connectivity index (χ1n) is 5.89. The SMILES string of the molecule is CC1(C)CCN(CC2(CS)CCC2)C1.